The van der Waals surface area contributed by atoms with Gasteiger partial charge in [-0.25, -0.2) is 4.68 Å². The summed E-state index contributed by atoms with van der Waals surface area (Å²) in [6.07, 6.45) is 0. The molecule has 1 aromatic heterocycles. The molecule has 0 atom stereocenters. The predicted octanol–water partition coefficient (Wildman–Crippen LogP) is 2.65. The molecule has 16 heavy (non-hydrogen) atoms. The summed E-state index contributed by atoms with van der Waals surface area (Å²) in [5.41, 5.74) is 4.26. The van der Waals surface area contributed by atoms with E-state index < -0.39 is 0 Å². The van der Waals surface area contributed by atoms with Gasteiger partial charge in [0.05, 0.1) is 6.54 Å². The Morgan fingerprint density at radius 1 is 1.56 bits per heavy atom. The van der Waals surface area contributed by atoms with Crippen LogP contribution in [0.1, 0.15) is 11.4 Å². The number of aryl methyl sites for hydroxylation is 1. The van der Waals surface area contributed by atoms with Crippen LogP contribution in [-0.2, 0) is 6.54 Å². The minimum atomic E-state index is 0.555. The Morgan fingerprint density at radius 3 is 3.00 bits per heavy atom. The van der Waals surface area contributed by atoms with Crippen LogP contribution in [0, 0.1) is 11.7 Å². The first-order chi connectivity index (χ1) is 7.66. The van der Waals surface area contributed by atoms with E-state index in [2.05, 4.69) is 15.6 Å². The molecule has 0 saturated heterocycles. The van der Waals surface area contributed by atoms with Gasteiger partial charge >= 0.3 is 0 Å². The molecule has 4 nitrogen and oxygen atoms in total. The van der Waals surface area contributed by atoms with Crippen LogP contribution in [0.15, 0.2) is 24.3 Å². The van der Waals surface area contributed by atoms with Crippen molar-refractivity contribution in [3.05, 3.63) is 45.4 Å². The maximum atomic E-state index is 5.89. The van der Waals surface area contributed by atoms with Crippen molar-refractivity contribution >= 4 is 23.8 Å². The van der Waals surface area contributed by atoms with Gasteiger partial charge in [-0.3, -0.25) is 5.10 Å². The highest BCUT2D eigenvalue weighted by molar-refractivity contribution is 7.71. The van der Waals surface area contributed by atoms with Crippen molar-refractivity contribution in [2.24, 2.45) is 0 Å². The van der Waals surface area contributed by atoms with Crippen LogP contribution in [0.5, 0.6) is 0 Å². The van der Waals surface area contributed by atoms with Crippen LogP contribution in [0.2, 0.25) is 5.02 Å². The van der Waals surface area contributed by atoms with Crippen molar-refractivity contribution in [3.63, 3.8) is 0 Å². The Hall–Kier alpha value is -1.33. The van der Waals surface area contributed by atoms with E-state index in [1.807, 2.05) is 31.2 Å². The zero-order chi connectivity index (χ0) is 11.5. The van der Waals surface area contributed by atoms with E-state index in [0.29, 0.717) is 11.3 Å². The van der Waals surface area contributed by atoms with Crippen LogP contribution in [0.25, 0.3) is 0 Å². The molecule has 0 spiro atoms. The molecule has 2 aromatic rings. The first-order valence-electron chi connectivity index (χ1n) is 4.79. The Balaban J connectivity index is 2.11. The molecule has 0 aliphatic heterocycles. The van der Waals surface area contributed by atoms with Crippen molar-refractivity contribution in [2.75, 3.05) is 5.43 Å². The third kappa shape index (κ3) is 2.43. The Morgan fingerprint density at radius 2 is 2.38 bits per heavy atom. The van der Waals surface area contributed by atoms with Crippen LogP contribution in [0.3, 0.4) is 0 Å². The molecular formula is C10H11ClN4S. The topological polar surface area (TPSA) is 45.6 Å². The second-order valence-electron chi connectivity index (χ2n) is 3.38. The minimum absolute atomic E-state index is 0.555. The molecule has 0 bridgehead atoms. The summed E-state index contributed by atoms with van der Waals surface area (Å²) in [7, 11) is 0. The molecule has 1 heterocycles. The Bertz CT molecular complexity index is 546. The number of halogens is 1. The maximum absolute atomic E-state index is 5.89. The third-order valence-corrected chi connectivity index (χ3v) is 2.68. The molecule has 0 saturated carbocycles. The normalized spacial score (nSPS) is 10.4. The maximum Gasteiger partial charge on any atom is 0.214 e. The average Bonchev–Trinajstić information content (AvgIpc) is 2.56. The fourth-order valence-electron chi connectivity index (χ4n) is 1.38. The average molecular weight is 255 g/mol. The second-order valence-corrected chi connectivity index (χ2v) is 4.20. The summed E-state index contributed by atoms with van der Waals surface area (Å²) in [5, 5.41) is 7.44. The lowest BCUT2D eigenvalue weighted by molar-refractivity contribution is 0.794. The summed E-state index contributed by atoms with van der Waals surface area (Å²) in [4.78, 5) is 0. The molecule has 0 unspecified atom stereocenters. The van der Waals surface area contributed by atoms with Gasteiger partial charge in [0, 0.05) is 5.02 Å². The van der Waals surface area contributed by atoms with E-state index in [9.17, 15) is 0 Å². The number of rotatable bonds is 3. The van der Waals surface area contributed by atoms with Gasteiger partial charge in [0.25, 0.3) is 0 Å². The Kier molecular flexibility index (Phi) is 3.26. The monoisotopic (exact) mass is 254 g/mol. The number of aromatic nitrogens is 3. The predicted molar refractivity (Wildman–Crippen MR) is 66.7 cm³/mol. The van der Waals surface area contributed by atoms with Crippen molar-refractivity contribution in [3.8, 4) is 0 Å². The molecular weight excluding hydrogens is 244 g/mol. The molecule has 1 aromatic carbocycles. The van der Waals surface area contributed by atoms with E-state index in [1.165, 1.54) is 0 Å². The first-order valence-corrected chi connectivity index (χ1v) is 5.58. The van der Waals surface area contributed by atoms with Gasteiger partial charge in [-0.15, -0.1) is 0 Å². The van der Waals surface area contributed by atoms with Gasteiger partial charge in [0.2, 0.25) is 4.77 Å². The zero-order valence-corrected chi connectivity index (χ0v) is 10.3. The molecule has 0 amide bonds. The molecule has 0 fully saturated rings. The third-order valence-electron chi connectivity index (χ3n) is 2.17. The number of hydrogen-bond acceptors (Lipinski definition) is 3. The van der Waals surface area contributed by atoms with Gasteiger partial charge in [-0.1, -0.05) is 23.7 Å². The number of H-pyrrole nitrogens is 1. The fraction of sp³-hybridized carbons (Fsp3) is 0.200. The SMILES string of the molecule is Cc1n[nH]c(=S)n1NCc1cccc(Cl)c1. The van der Waals surface area contributed by atoms with E-state index in [4.69, 9.17) is 23.8 Å². The minimum Gasteiger partial charge on any atom is -0.318 e. The summed E-state index contributed by atoms with van der Waals surface area (Å²) in [6, 6.07) is 7.67. The Labute approximate surface area is 103 Å². The zero-order valence-electron chi connectivity index (χ0n) is 8.70. The second kappa shape index (κ2) is 4.67. The molecule has 0 aliphatic rings. The van der Waals surface area contributed by atoms with E-state index in [1.54, 1.807) is 4.68 Å². The lowest BCUT2D eigenvalue weighted by atomic mass is 10.2. The number of aromatic amines is 1. The van der Waals surface area contributed by atoms with Crippen molar-refractivity contribution in [2.45, 2.75) is 13.5 Å². The smallest absolute Gasteiger partial charge is 0.214 e. The largest absolute Gasteiger partial charge is 0.318 e. The number of nitrogens with zero attached hydrogens (tertiary/aromatic N) is 2. The molecule has 2 N–H and O–H groups in total. The molecule has 2 rings (SSSR count). The van der Waals surface area contributed by atoms with Crippen LogP contribution in [0.4, 0.5) is 0 Å². The molecule has 84 valence electrons. The van der Waals surface area contributed by atoms with Gasteiger partial charge < -0.3 is 5.43 Å². The van der Waals surface area contributed by atoms with Crippen LogP contribution < -0.4 is 5.43 Å². The highest BCUT2D eigenvalue weighted by atomic mass is 35.5. The molecule has 0 aliphatic carbocycles. The molecule has 0 radical (unpaired) electrons. The van der Waals surface area contributed by atoms with Gasteiger partial charge in [0.1, 0.15) is 5.82 Å². The van der Waals surface area contributed by atoms with Crippen molar-refractivity contribution in [1.82, 2.24) is 14.9 Å². The number of nitrogens with one attached hydrogen (secondary N) is 2. The van der Waals surface area contributed by atoms with Crippen molar-refractivity contribution < 1.29 is 0 Å². The summed E-state index contributed by atoms with van der Waals surface area (Å²) in [5.74, 6) is 0.798. The first kappa shape index (κ1) is 11.2. The summed E-state index contributed by atoms with van der Waals surface area (Å²) >= 11 is 11.0. The van der Waals surface area contributed by atoms with Gasteiger partial charge in [-0.05, 0) is 36.8 Å². The summed E-state index contributed by atoms with van der Waals surface area (Å²) < 4.78 is 2.29. The number of hydrogen-bond donors (Lipinski definition) is 2. The highest BCUT2D eigenvalue weighted by Gasteiger charge is 2.00. The van der Waals surface area contributed by atoms with Gasteiger partial charge in [0.15, 0.2) is 0 Å². The van der Waals surface area contributed by atoms with E-state index in [-0.39, 0.29) is 0 Å². The fourth-order valence-corrected chi connectivity index (χ4v) is 1.83. The van der Waals surface area contributed by atoms with Crippen LogP contribution >= 0.6 is 23.8 Å². The lowest BCUT2D eigenvalue weighted by Crippen LogP contribution is -2.15. The van der Waals surface area contributed by atoms with Gasteiger partial charge in [-0.2, -0.15) is 5.10 Å². The standard InChI is InChI=1S/C10H11ClN4S/c1-7-13-14-10(16)15(7)12-6-8-3-2-4-9(11)5-8/h2-5,12H,6H2,1H3,(H,14,16). The van der Waals surface area contributed by atoms with Crippen molar-refractivity contribution in [1.29, 1.82) is 0 Å². The van der Waals surface area contributed by atoms with E-state index in [0.717, 1.165) is 16.4 Å². The lowest BCUT2D eigenvalue weighted by Gasteiger charge is -2.08. The highest BCUT2D eigenvalue weighted by Crippen LogP contribution is 2.10. The van der Waals surface area contributed by atoms with E-state index >= 15 is 0 Å². The summed E-state index contributed by atoms with van der Waals surface area (Å²) in [6.45, 7) is 2.52. The van der Waals surface area contributed by atoms with Crippen LogP contribution in [-0.4, -0.2) is 14.9 Å². The molecule has 6 heteroatoms. The number of benzene rings is 1. The quantitative estimate of drug-likeness (QED) is 0.828.